The van der Waals surface area contributed by atoms with Crippen LogP contribution in [0, 0.1) is 11.6 Å². The number of aromatic nitrogens is 3. The van der Waals surface area contributed by atoms with Crippen molar-refractivity contribution in [2.75, 3.05) is 11.9 Å². The van der Waals surface area contributed by atoms with Gasteiger partial charge < -0.3 is 10.3 Å². The van der Waals surface area contributed by atoms with Crippen molar-refractivity contribution in [3.63, 3.8) is 0 Å². The number of aromatic amines is 1. The Morgan fingerprint density at radius 2 is 2.10 bits per heavy atom. The molecular formula is C14H11ClF2N4. The van der Waals surface area contributed by atoms with Crippen molar-refractivity contribution in [1.82, 2.24) is 15.0 Å². The van der Waals surface area contributed by atoms with E-state index in [2.05, 4.69) is 20.3 Å². The zero-order valence-electron chi connectivity index (χ0n) is 10.8. The van der Waals surface area contributed by atoms with Crippen LogP contribution in [0.15, 0.2) is 30.5 Å². The molecule has 2 aromatic heterocycles. The summed E-state index contributed by atoms with van der Waals surface area (Å²) in [5.41, 5.74) is 1.34. The van der Waals surface area contributed by atoms with Crippen LogP contribution in [-0.4, -0.2) is 21.5 Å². The number of fused-ring (bicyclic) bond motifs is 1. The van der Waals surface area contributed by atoms with E-state index in [1.807, 2.05) is 0 Å². The summed E-state index contributed by atoms with van der Waals surface area (Å²) in [6.07, 6.45) is 1.90. The van der Waals surface area contributed by atoms with Crippen LogP contribution in [0.5, 0.6) is 0 Å². The van der Waals surface area contributed by atoms with Gasteiger partial charge in [-0.25, -0.2) is 18.7 Å². The third-order valence-electron chi connectivity index (χ3n) is 2.96. The number of nitrogens with zero attached hydrogens (tertiary/aromatic N) is 2. The fourth-order valence-corrected chi connectivity index (χ4v) is 2.14. The number of hydrogen-bond donors (Lipinski definition) is 2. The molecule has 0 saturated carbocycles. The van der Waals surface area contributed by atoms with Crippen LogP contribution < -0.4 is 5.32 Å². The maximum Gasteiger partial charge on any atom is 0.166 e. The Labute approximate surface area is 124 Å². The molecule has 7 heteroatoms. The molecular weight excluding hydrogens is 298 g/mol. The molecule has 0 radical (unpaired) electrons. The summed E-state index contributed by atoms with van der Waals surface area (Å²) < 4.78 is 26.6. The summed E-state index contributed by atoms with van der Waals surface area (Å²) in [6, 6.07) is 5.55. The van der Waals surface area contributed by atoms with Crippen LogP contribution >= 0.6 is 11.6 Å². The molecule has 0 aliphatic carbocycles. The number of halogens is 3. The molecule has 0 spiro atoms. The molecule has 3 aromatic rings. The molecule has 0 aliphatic heterocycles. The predicted octanol–water partition coefficient (Wildman–Crippen LogP) is 3.54. The smallest absolute Gasteiger partial charge is 0.166 e. The summed E-state index contributed by atoms with van der Waals surface area (Å²) in [7, 11) is 0. The van der Waals surface area contributed by atoms with Gasteiger partial charge in [0.25, 0.3) is 0 Å². The minimum absolute atomic E-state index is 0.140. The van der Waals surface area contributed by atoms with Gasteiger partial charge in [0, 0.05) is 19.2 Å². The highest BCUT2D eigenvalue weighted by Gasteiger charge is 2.06. The standard InChI is InChI=1S/C14H11ClF2N4/c15-8-5-10(17)14(19-7-8)18-4-3-13-20-11-2-1-9(16)6-12(11)21-13/h1-2,5-7H,3-4H2,(H,18,19)(H,20,21). The van der Waals surface area contributed by atoms with Gasteiger partial charge in [0.1, 0.15) is 11.6 Å². The zero-order valence-corrected chi connectivity index (χ0v) is 11.6. The summed E-state index contributed by atoms with van der Waals surface area (Å²) in [4.78, 5) is 11.2. The number of H-pyrrole nitrogens is 1. The van der Waals surface area contributed by atoms with E-state index in [1.165, 1.54) is 24.4 Å². The van der Waals surface area contributed by atoms with Crippen LogP contribution in [0.1, 0.15) is 5.82 Å². The molecule has 4 nitrogen and oxygen atoms in total. The van der Waals surface area contributed by atoms with E-state index in [9.17, 15) is 8.78 Å². The first-order chi connectivity index (χ1) is 10.1. The van der Waals surface area contributed by atoms with Crippen molar-refractivity contribution in [1.29, 1.82) is 0 Å². The fraction of sp³-hybridized carbons (Fsp3) is 0.143. The average Bonchev–Trinajstić information content (AvgIpc) is 2.83. The van der Waals surface area contributed by atoms with E-state index >= 15 is 0 Å². The normalized spacial score (nSPS) is 11.0. The minimum Gasteiger partial charge on any atom is -0.367 e. The Bertz CT molecular complexity index is 788. The number of rotatable bonds is 4. The van der Waals surface area contributed by atoms with Gasteiger partial charge in [-0.3, -0.25) is 0 Å². The number of hydrogen-bond acceptors (Lipinski definition) is 3. The summed E-state index contributed by atoms with van der Waals surface area (Å²) >= 11 is 5.63. The summed E-state index contributed by atoms with van der Waals surface area (Å²) in [6.45, 7) is 0.438. The molecule has 21 heavy (non-hydrogen) atoms. The van der Waals surface area contributed by atoms with E-state index in [-0.39, 0.29) is 16.7 Å². The Kier molecular flexibility index (Phi) is 3.70. The van der Waals surface area contributed by atoms with Crippen molar-refractivity contribution < 1.29 is 8.78 Å². The number of benzene rings is 1. The van der Waals surface area contributed by atoms with E-state index in [4.69, 9.17) is 11.6 Å². The number of anilines is 1. The lowest BCUT2D eigenvalue weighted by Crippen LogP contribution is -2.08. The maximum atomic E-state index is 13.5. The summed E-state index contributed by atoms with van der Waals surface area (Å²) in [5, 5.41) is 3.11. The SMILES string of the molecule is Fc1ccc2nc(CCNc3ncc(Cl)cc3F)[nH]c2c1. The van der Waals surface area contributed by atoms with Gasteiger partial charge in [-0.15, -0.1) is 0 Å². The molecule has 3 rings (SSSR count). The molecule has 0 atom stereocenters. The topological polar surface area (TPSA) is 53.6 Å². The predicted molar refractivity (Wildman–Crippen MR) is 77.5 cm³/mol. The fourth-order valence-electron chi connectivity index (χ4n) is 2.00. The van der Waals surface area contributed by atoms with Crippen molar-refractivity contribution in [2.45, 2.75) is 6.42 Å². The Morgan fingerprint density at radius 3 is 2.90 bits per heavy atom. The maximum absolute atomic E-state index is 13.5. The van der Waals surface area contributed by atoms with Gasteiger partial charge >= 0.3 is 0 Å². The molecule has 0 fully saturated rings. The molecule has 1 aromatic carbocycles. The van der Waals surface area contributed by atoms with Crippen LogP contribution in [0.4, 0.5) is 14.6 Å². The Morgan fingerprint density at radius 1 is 1.24 bits per heavy atom. The quantitative estimate of drug-likeness (QED) is 0.775. The molecule has 0 amide bonds. The van der Waals surface area contributed by atoms with Gasteiger partial charge in [0.05, 0.1) is 16.1 Å². The third-order valence-corrected chi connectivity index (χ3v) is 3.16. The Balaban J connectivity index is 1.66. The third kappa shape index (κ3) is 3.11. The molecule has 0 unspecified atom stereocenters. The number of pyridine rings is 1. The number of imidazole rings is 1. The van der Waals surface area contributed by atoms with Crippen LogP contribution in [0.3, 0.4) is 0 Å². The summed E-state index contributed by atoms with van der Waals surface area (Å²) in [5.74, 6) is 0.0106. The van der Waals surface area contributed by atoms with Crippen molar-refractivity contribution in [3.8, 4) is 0 Å². The second-order valence-corrected chi connectivity index (χ2v) is 4.94. The highest BCUT2D eigenvalue weighted by atomic mass is 35.5. The van der Waals surface area contributed by atoms with Gasteiger partial charge in [0.15, 0.2) is 11.6 Å². The zero-order chi connectivity index (χ0) is 14.8. The lowest BCUT2D eigenvalue weighted by atomic mass is 10.3. The second-order valence-electron chi connectivity index (χ2n) is 4.51. The lowest BCUT2D eigenvalue weighted by Gasteiger charge is -2.05. The molecule has 0 saturated heterocycles. The largest absolute Gasteiger partial charge is 0.367 e. The average molecular weight is 309 g/mol. The van der Waals surface area contributed by atoms with Crippen LogP contribution in [-0.2, 0) is 6.42 Å². The Hall–Kier alpha value is -2.21. The highest BCUT2D eigenvalue weighted by Crippen LogP contribution is 2.16. The minimum atomic E-state index is -0.505. The first-order valence-electron chi connectivity index (χ1n) is 6.31. The first kappa shape index (κ1) is 13.8. The van der Waals surface area contributed by atoms with Crippen LogP contribution in [0.2, 0.25) is 5.02 Å². The van der Waals surface area contributed by atoms with Gasteiger partial charge in [-0.1, -0.05) is 11.6 Å². The molecule has 2 heterocycles. The van der Waals surface area contributed by atoms with E-state index in [1.54, 1.807) is 6.07 Å². The van der Waals surface area contributed by atoms with E-state index in [0.717, 1.165) is 0 Å². The van der Waals surface area contributed by atoms with E-state index < -0.39 is 5.82 Å². The molecule has 2 N–H and O–H groups in total. The van der Waals surface area contributed by atoms with Crippen molar-refractivity contribution in [2.24, 2.45) is 0 Å². The first-order valence-corrected chi connectivity index (χ1v) is 6.69. The highest BCUT2D eigenvalue weighted by molar-refractivity contribution is 6.30. The molecule has 108 valence electrons. The van der Waals surface area contributed by atoms with E-state index in [0.29, 0.717) is 29.8 Å². The second kappa shape index (κ2) is 5.65. The lowest BCUT2D eigenvalue weighted by molar-refractivity contribution is 0.624. The van der Waals surface area contributed by atoms with Crippen molar-refractivity contribution >= 4 is 28.5 Å². The van der Waals surface area contributed by atoms with Crippen molar-refractivity contribution in [3.05, 3.63) is 52.9 Å². The molecule has 0 aliphatic rings. The van der Waals surface area contributed by atoms with Gasteiger partial charge in [0.2, 0.25) is 0 Å². The van der Waals surface area contributed by atoms with Crippen LogP contribution in [0.25, 0.3) is 11.0 Å². The molecule has 0 bridgehead atoms. The van der Waals surface area contributed by atoms with Gasteiger partial charge in [-0.2, -0.15) is 0 Å². The monoisotopic (exact) mass is 308 g/mol. The number of nitrogens with one attached hydrogen (secondary N) is 2. The van der Waals surface area contributed by atoms with Gasteiger partial charge in [-0.05, 0) is 24.3 Å².